The van der Waals surface area contributed by atoms with Gasteiger partial charge in [-0.05, 0) is 32.3 Å². The van der Waals surface area contributed by atoms with Gasteiger partial charge in [-0.3, -0.25) is 9.78 Å². The molecular weight excluding hydrogens is 528 g/mol. The summed E-state index contributed by atoms with van der Waals surface area (Å²) < 4.78 is 83.8. The molecule has 2 aliphatic heterocycles. The largest absolute Gasteiger partial charge is 0.573 e. The summed E-state index contributed by atoms with van der Waals surface area (Å²) in [5.41, 5.74) is -1.47. The van der Waals surface area contributed by atoms with Crippen LogP contribution in [0.1, 0.15) is 38.1 Å². The first-order valence-electron chi connectivity index (χ1n) is 11.1. The molecule has 198 valence electrons. The van der Waals surface area contributed by atoms with Crippen molar-refractivity contribution < 1.29 is 35.9 Å². The van der Waals surface area contributed by atoms with E-state index in [1.807, 2.05) is 0 Å². The minimum Gasteiger partial charge on any atom is -0.406 e. The first-order chi connectivity index (χ1) is 17.4. The van der Waals surface area contributed by atoms with Gasteiger partial charge in [0.05, 0.1) is 28.3 Å². The molecule has 0 spiro atoms. The van der Waals surface area contributed by atoms with E-state index >= 15 is 0 Å². The minimum atomic E-state index is -4.89. The smallest absolute Gasteiger partial charge is 0.406 e. The third-order valence-corrected chi connectivity index (χ3v) is 6.55. The maximum atomic E-state index is 13.5. The number of carbonyl (C=O) groups is 1. The molecule has 2 atom stereocenters. The SMILES string of the molecule is C=C/C(=C(Cl)\C(=C/C)C(=O)N1C2CCCC1c1nnc(-c3cc(OC(F)(F)F)ccn3)n1C2)C(F)(F)F. The van der Waals surface area contributed by atoms with Gasteiger partial charge < -0.3 is 14.2 Å². The lowest BCUT2D eigenvalue weighted by atomic mass is 9.90. The molecule has 37 heavy (non-hydrogen) atoms. The van der Waals surface area contributed by atoms with Crippen LogP contribution in [0.15, 0.2) is 53.2 Å². The zero-order chi connectivity index (χ0) is 27.1. The van der Waals surface area contributed by atoms with Crippen molar-refractivity contribution in [1.29, 1.82) is 0 Å². The number of allylic oxidation sites excluding steroid dienone is 3. The van der Waals surface area contributed by atoms with Crippen molar-refractivity contribution in [1.82, 2.24) is 24.6 Å². The molecule has 0 N–H and O–H groups in total. The number of ether oxygens (including phenoxy) is 1. The van der Waals surface area contributed by atoms with Crippen LogP contribution in [0.2, 0.25) is 0 Å². The van der Waals surface area contributed by atoms with Crippen LogP contribution >= 0.6 is 11.6 Å². The van der Waals surface area contributed by atoms with Crippen molar-refractivity contribution in [2.24, 2.45) is 0 Å². The number of pyridine rings is 1. The van der Waals surface area contributed by atoms with Crippen LogP contribution in [0.4, 0.5) is 26.3 Å². The normalized spacial score (nSPS) is 20.8. The van der Waals surface area contributed by atoms with Crippen LogP contribution in [-0.4, -0.2) is 49.1 Å². The highest BCUT2D eigenvalue weighted by Crippen LogP contribution is 2.42. The molecule has 2 aromatic rings. The molecule has 1 amide bonds. The highest BCUT2D eigenvalue weighted by molar-refractivity contribution is 6.36. The van der Waals surface area contributed by atoms with E-state index in [1.165, 1.54) is 17.9 Å². The van der Waals surface area contributed by atoms with Gasteiger partial charge in [-0.15, -0.1) is 23.4 Å². The number of nitrogens with zero attached hydrogens (tertiary/aromatic N) is 5. The Balaban J connectivity index is 1.70. The van der Waals surface area contributed by atoms with E-state index < -0.39 is 46.9 Å². The van der Waals surface area contributed by atoms with E-state index in [0.29, 0.717) is 24.7 Å². The molecule has 4 heterocycles. The predicted octanol–water partition coefficient (Wildman–Crippen LogP) is 5.86. The summed E-state index contributed by atoms with van der Waals surface area (Å²) in [6.45, 7) is 4.74. The molecule has 0 aliphatic carbocycles. The van der Waals surface area contributed by atoms with Crippen LogP contribution in [0.25, 0.3) is 11.5 Å². The van der Waals surface area contributed by atoms with Crippen LogP contribution in [0, 0.1) is 0 Å². The molecule has 14 heteroatoms. The van der Waals surface area contributed by atoms with Crippen molar-refractivity contribution in [3.05, 3.63) is 59.1 Å². The first kappa shape index (κ1) is 26.7. The van der Waals surface area contributed by atoms with Crippen LogP contribution in [0.5, 0.6) is 5.75 Å². The fourth-order valence-electron chi connectivity index (χ4n) is 4.65. The second-order valence-corrected chi connectivity index (χ2v) is 8.74. The average molecular weight is 548 g/mol. The molecule has 2 aliphatic rings. The van der Waals surface area contributed by atoms with Crippen molar-refractivity contribution >= 4 is 17.5 Å². The Hall–Kier alpha value is -3.35. The van der Waals surface area contributed by atoms with E-state index in [0.717, 1.165) is 24.8 Å². The average Bonchev–Trinajstić information content (AvgIpc) is 3.21. The molecular formula is C23H20ClF6N5O2. The maximum Gasteiger partial charge on any atom is 0.573 e. The number of amides is 1. The molecule has 1 saturated heterocycles. The number of alkyl halides is 6. The van der Waals surface area contributed by atoms with E-state index in [9.17, 15) is 31.1 Å². The van der Waals surface area contributed by atoms with E-state index in [2.05, 4.69) is 26.5 Å². The number of carbonyl (C=O) groups excluding carboxylic acids is 1. The van der Waals surface area contributed by atoms with Crippen molar-refractivity contribution in [2.75, 3.05) is 0 Å². The summed E-state index contributed by atoms with van der Waals surface area (Å²) >= 11 is 6.05. The second-order valence-electron chi connectivity index (χ2n) is 8.36. The summed E-state index contributed by atoms with van der Waals surface area (Å²) in [6, 6.07) is 1.05. The minimum absolute atomic E-state index is 0.0827. The number of halogens is 7. The van der Waals surface area contributed by atoms with Gasteiger partial charge in [-0.25, -0.2) is 0 Å². The van der Waals surface area contributed by atoms with Crippen LogP contribution in [-0.2, 0) is 11.3 Å². The first-order valence-corrected chi connectivity index (χ1v) is 11.5. The summed E-state index contributed by atoms with van der Waals surface area (Å²) in [7, 11) is 0. The number of piperidine rings is 1. The summed E-state index contributed by atoms with van der Waals surface area (Å²) in [4.78, 5) is 19.1. The number of hydrogen-bond donors (Lipinski definition) is 0. The molecule has 2 aromatic heterocycles. The maximum absolute atomic E-state index is 13.5. The number of fused-ring (bicyclic) bond motifs is 4. The van der Waals surface area contributed by atoms with E-state index in [1.54, 1.807) is 4.57 Å². The zero-order valence-corrected chi connectivity index (χ0v) is 20.0. The lowest BCUT2D eigenvalue weighted by molar-refractivity contribution is -0.274. The molecule has 2 unspecified atom stereocenters. The van der Waals surface area contributed by atoms with E-state index in [4.69, 9.17) is 11.6 Å². The van der Waals surface area contributed by atoms with Gasteiger partial charge >= 0.3 is 12.5 Å². The van der Waals surface area contributed by atoms with Crippen molar-refractivity contribution in [2.45, 2.75) is 57.4 Å². The summed E-state index contributed by atoms with van der Waals surface area (Å²) in [6.07, 6.45) is -5.06. The van der Waals surface area contributed by atoms with Crippen LogP contribution < -0.4 is 4.74 Å². The highest BCUT2D eigenvalue weighted by Gasteiger charge is 2.45. The quantitative estimate of drug-likeness (QED) is 0.266. The van der Waals surface area contributed by atoms with Crippen molar-refractivity contribution in [3.8, 4) is 17.3 Å². The topological polar surface area (TPSA) is 73.1 Å². The third kappa shape index (κ3) is 5.22. The van der Waals surface area contributed by atoms with E-state index in [-0.39, 0.29) is 23.6 Å². The van der Waals surface area contributed by atoms with Gasteiger partial charge in [0.2, 0.25) is 0 Å². The molecule has 7 nitrogen and oxygen atoms in total. The zero-order valence-electron chi connectivity index (χ0n) is 19.3. The van der Waals surface area contributed by atoms with Gasteiger partial charge in [0.1, 0.15) is 11.4 Å². The molecule has 0 aromatic carbocycles. The number of aromatic nitrogens is 4. The lowest BCUT2D eigenvalue weighted by Gasteiger charge is -2.46. The van der Waals surface area contributed by atoms with Crippen LogP contribution in [0.3, 0.4) is 0 Å². The number of rotatable bonds is 5. The predicted molar refractivity (Wildman–Crippen MR) is 120 cm³/mol. The molecule has 1 fully saturated rings. The Labute approximate surface area is 212 Å². The Morgan fingerprint density at radius 2 is 1.95 bits per heavy atom. The lowest BCUT2D eigenvalue weighted by Crippen LogP contribution is -2.52. The summed E-state index contributed by atoms with van der Waals surface area (Å²) in [5.74, 6) is -0.648. The molecule has 4 rings (SSSR count). The van der Waals surface area contributed by atoms with Crippen molar-refractivity contribution in [3.63, 3.8) is 0 Å². The Kier molecular flexibility index (Phi) is 7.10. The van der Waals surface area contributed by atoms with Gasteiger partial charge in [0.25, 0.3) is 5.91 Å². The van der Waals surface area contributed by atoms with Gasteiger partial charge in [-0.1, -0.05) is 30.3 Å². The molecule has 0 saturated carbocycles. The highest BCUT2D eigenvalue weighted by atomic mass is 35.5. The number of hydrogen-bond acceptors (Lipinski definition) is 5. The summed E-state index contributed by atoms with van der Waals surface area (Å²) in [5, 5.41) is 7.51. The Morgan fingerprint density at radius 1 is 1.22 bits per heavy atom. The second kappa shape index (κ2) is 9.84. The molecule has 0 radical (unpaired) electrons. The van der Waals surface area contributed by atoms with Gasteiger partial charge in [0, 0.05) is 18.8 Å². The van der Waals surface area contributed by atoms with Gasteiger partial charge in [-0.2, -0.15) is 13.2 Å². The standard InChI is InChI=1S/C23H20ClF6N5O2/c1-3-14(18(24)15(4-2)22(25,26)27)21(36)35-12-6-5-7-17(35)20-33-32-19(34(20)11-12)16-10-13(8-9-31-16)37-23(28,29)30/h3-4,8-10,12,17H,2,5-7,11H2,1H3/b14-3+,18-15-. The third-order valence-electron chi connectivity index (χ3n) is 6.14. The fraction of sp³-hybridized carbons (Fsp3) is 0.391. The Morgan fingerprint density at radius 3 is 2.57 bits per heavy atom. The molecule has 2 bridgehead atoms. The fourth-order valence-corrected chi connectivity index (χ4v) is 5.02. The van der Waals surface area contributed by atoms with Gasteiger partial charge in [0.15, 0.2) is 11.6 Å². The monoisotopic (exact) mass is 547 g/mol. The Bertz CT molecular complexity index is 1280.